The lowest BCUT2D eigenvalue weighted by Gasteiger charge is -2.26. The Bertz CT molecular complexity index is 678. The van der Waals surface area contributed by atoms with Crippen LogP contribution >= 0.6 is 0 Å². The van der Waals surface area contributed by atoms with Crippen LogP contribution in [0.2, 0.25) is 0 Å². The Morgan fingerprint density at radius 3 is 2.29 bits per heavy atom. The molecule has 0 atom stereocenters. The highest BCUT2D eigenvalue weighted by atomic mass is 16.5. The first-order chi connectivity index (χ1) is 11.4. The van der Waals surface area contributed by atoms with Gasteiger partial charge in [-0.15, -0.1) is 0 Å². The van der Waals surface area contributed by atoms with E-state index in [9.17, 15) is 4.79 Å². The molecule has 24 heavy (non-hydrogen) atoms. The molecule has 2 aromatic rings. The maximum absolute atomic E-state index is 12.2. The minimum atomic E-state index is -0.351. The summed E-state index contributed by atoms with van der Waals surface area (Å²) in [7, 11) is 1.58. The van der Waals surface area contributed by atoms with Crippen molar-refractivity contribution in [1.82, 2.24) is 5.32 Å². The molecule has 2 rings (SSSR count). The molecule has 1 N–H and O–H groups in total. The van der Waals surface area contributed by atoms with Gasteiger partial charge in [0, 0.05) is 5.54 Å². The van der Waals surface area contributed by atoms with Crippen LogP contribution in [-0.2, 0) is 11.2 Å². The lowest BCUT2D eigenvalue weighted by atomic mass is 9.94. The summed E-state index contributed by atoms with van der Waals surface area (Å²) in [6.07, 6.45) is 0.758. The van der Waals surface area contributed by atoms with E-state index in [0.717, 1.165) is 6.42 Å². The van der Waals surface area contributed by atoms with Crippen molar-refractivity contribution < 1.29 is 14.3 Å². The highest BCUT2D eigenvalue weighted by molar-refractivity contribution is 5.78. The van der Waals surface area contributed by atoms with Crippen LogP contribution in [-0.4, -0.2) is 25.2 Å². The van der Waals surface area contributed by atoms with Crippen molar-refractivity contribution in [2.24, 2.45) is 0 Å². The molecule has 1 amide bonds. The molecular formula is C20H25NO3. The Balaban J connectivity index is 1.89. The Morgan fingerprint density at radius 1 is 1.04 bits per heavy atom. The quantitative estimate of drug-likeness (QED) is 0.846. The maximum atomic E-state index is 12.2. The summed E-state index contributed by atoms with van der Waals surface area (Å²) in [4.78, 5) is 12.2. The fourth-order valence-corrected chi connectivity index (χ4v) is 2.56. The topological polar surface area (TPSA) is 47.6 Å². The van der Waals surface area contributed by atoms with Crippen molar-refractivity contribution in [2.75, 3.05) is 13.7 Å². The van der Waals surface area contributed by atoms with Gasteiger partial charge in [-0.2, -0.15) is 0 Å². The third-order valence-electron chi connectivity index (χ3n) is 3.67. The Labute approximate surface area is 143 Å². The van der Waals surface area contributed by atoms with E-state index >= 15 is 0 Å². The van der Waals surface area contributed by atoms with E-state index in [1.807, 2.05) is 26.0 Å². The molecule has 0 saturated carbocycles. The number of aryl methyl sites for hydroxylation is 1. The molecule has 0 aliphatic carbocycles. The van der Waals surface area contributed by atoms with Crippen molar-refractivity contribution in [3.8, 4) is 11.5 Å². The van der Waals surface area contributed by atoms with Gasteiger partial charge in [0.25, 0.3) is 5.91 Å². The third-order valence-corrected chi connectivity index (χ3v) is 3.67. The van der Waals surface area contributed by atoms with Crippen LogP contribution in [0.15, 0.2) is 48.5 Å². The normalized spacial score (nSPS) is 11.0. The zero-order valence-corrected chi connectivity index (χ0v) is 14.8. The van der Waals surface area contributed by atoms with Gasteiger partial charge in [-0.05, 0) is 44.9 Å². The number of benzene rings is 2. The third kappa shape index (κ3) is 5.30. The molecular weight excluding hydrogens is 302 g/mol. The predicted octanol–water partition coefficient (Wildman–Crippen LogP) is 3.52. The number of rotatable bonds is 7. The summed E-state index contributed by atoms with van der Waals surface area (Å²) in [6, 6.07) is 15.6. The molecule has 0 heterocycles. The van der Waals surface area contributed by atoms with Crippen LogP contribution in [0.1, 0.15) is 25.0 Å². The summed E-state index contributed by atoms with van der Waals surface area (Å²) in [5, 5.41) is 3.02. The van der Waals surface area contributed by atoms with Gasteiger partial charge in [0.05, 0.1) is 7.11 Å². The summed E-state index contributed by atoms with van der Waals surface area (Å²) in [6.45, 7) is 6.03. The van der Waals surface area contributed by atoms with Crippen molar-refractivity contribution >= 4 is 5.91 Å². The molecule has 0 bridgehead atoms. The van der Waals surface area contributed by atoms with Gasteiger partial charge < -0.3 is 14.8 Å². The summed E-state index contributed by atoms with van der Waals surface area (Å²) >= 11 is 0. The lowest BCUT2D eigenvalue weighted by Crippen LogP contribution is -2.47. The number of para-hydroxylation sites is 2. The molecule has 0 aliphatic rings. The van der Waals surface area contributed by atoms with Crippen LogP contribution in [0, 0.1) is 6.92 Å². The maximum Gasteiger partial charge on any atom is 0.258 e. The number of hydrogen-bond donors (Lipinski definition) is 1. The largest absolute Gasteiger partial charge is 0.493 e. The van der Waals surface area contributed by atoms with Gasteiger partial charge in [0.15, 0.2) is 18.1 Å². The number of nitrogens with one attached hydrogen (secondary N) is 1. The van der Waals surface area contributed by atoms with Crippen LogP contribution < -0.4 is 14.8 Å². The standard InChI is InChI=1S/C20H25NO3/c1-15-9-11-16(12-10-15)13-20(2,3)21-19(22)14-24-18-8-6-5-7-17(18)23-4/h5-12H,13-14H2,1-4H3,(H,21,22). The number of hydrogen-bond acceptors (Lipinski definition) is 3. The van der Waals surface area contributed by atoms with Crippen LogP contribution in [0.25, 0.3) is 0 Å². The summed E-state index contributed by atoms with van der Waals surface area (Å²) in [5.74, 6) is 1.02. The number of ether oxygens (including phenoxy) is 2. The van der Waals surface area contributed by atoms with E-state index in [2.05, 4.69) is 36.5 Å². The van der Waals surface area contributed by atoms with Gasteiger partial charge in [0.2, 0.25) is 0 Å². The molecule has 2 aromatic carbocycles. The highest BCUT2D eigenvalue weighted by Crippen LogP contribution is 2.25. The van der Waals surface area contributed by atoms with Crippen molar-refractivity contribution in [3.63, 3.8) is 0 Å². The molecule has 0 unspecified atom stereocenters. The Morgan fingerprint density at radius 2 is 1.67 bits per heavy atom. The zero-order valence-electron chi connectivity index (χ0n) is 14.8. The van der Waals surface area contributed by atoms with Gasteiger partial charge in [-0.1, -0.05) is 42.0 Å². The first kappa shape index (κ1) is 17.9. The first-order valence-electron chi connectivity index (χ1n) is 8.02. The molecule has 0 fully saturated rings. The molecule has 0 spiro atoms. The average molecular weight is 327 g/mol. The van der Waals surface area contributed by atoms with E-state index in [1.54, 1.807) is 19.2 Å². The van der Waals surface area contributed by atoms with Crippen molar-refractivity contribution in [2.45, 2.75) is 32.7 Å². The number of carbonyl (C=O) groups excluding carboxylic acids is 1. The SMILES string of the molecule is COc1ccccc1OCC(=O)NC(C)(C)Cc1ccc(C)cc1. The minimum absolute atomic E-state index is 0.0439. The van der Waals surface area contributed by atoms with E-state index in [1.165, 1.54) is 11.1 Å². The Hall–Kier alpha value is -2.49. The van der Waals surface area contributed by atoms with E-state index < -0.39 is 0 Å². The van der Waals surface area contributed by atoms with Crippen LogP contribution in [0.4, 0.5) is 0 Å². The Kier molecular flexibility index (Phi) is 5.85. The highest BCUT2D eigenvalue weighted by Gasteiger charge is 2.21. The second-order valence-electron chi connectivity index (χ2n) is 6.53. The van der Waals surface area contributed by atoms with Gasteiger partial charge in [0.1, 0.15) is 0 Å². The monoisotopic (exact) mass is 327 g/mol. The fraction of sp³-hybridized carbons (Fsp3) is 0.350. The number of methoxy groups -OCH3 is 1. The molecule has 0 saturated heterocycles. The number of carbonyl (C=O) groups is 1. The molecule has 0 radical (unpaired) electrons. The second kappa shape index (κ2) is 7.86. The number of amides is 1. The minimum Gasteiger partial charge on any atom is -0.493 e. The molecule has 4 nitrogen and oxygen atoms in total. The molecule has 4 heteroatoms. The van der Waals surface area contributed by atoms with E-state index in [0.29, 0.717) is 11.5 Å². The summed E-state index contributed by atoms with van der Waals surface area (Å²) in [5.41, 5.74) is 2.07. The van der Waals surface area contributed by atoms with Gasteiger partial charge in [-0.3, -0.25) is 4.79 Å². The summed E-state index contributed by atoms with van der Waals surface area (Å²) < 4.78 is 10.8. The molecule has 0 aliphatic heterocycles. The molecule has 0 aromatic heterocycles. The van der Waals surface area contributed by atoms with Gasteiger partial charge >= 0.3 is 0 Å². The second-order valence-corrected chi connectivity index (χ2v) is 6.53. The average Bonchev–Trinajstić information content (AvgIpc) is 2.54. The van der Waals surface area contributed by atoms with Crippen molar-refractivity contribution in [3.05, 3.63) is 59.7 Å². The predicted molar refractivity (Wildman–Crippen MR) is 95.6 cm³/mol. The van der Waals surface area contributed by atoms with Crippen LogP contribution in [0.3, 0.4) is 0 Å². The molecule has 128 valence electrons. The fourth-order valence-electron chi connectivity index (χ4n) is 2.56. The lowest BCUT2D eigenvalue weighted by molar-refractivity contribution is -0.124. The smallest absolute Gasteiger partial charge is 0.258 e. The van der Waals surface area contributed by atoms with E-state index in [4.69, 9.17) is 9.47 Å². The zero-order chi connectivity index (χ0) is 17.6. The van der Waals surface area contributed by atoms with E-state index in [-0.39, 0.29) is 18.1 Å². The van der Waals surface area contributed by atoms with Crippen molar-refractivity contribution in [1.29, 1.82) is 0 Å². The first-order valence-corrected chi connectivity index (χ1v) is 8.02. The van der Waals surface area contributed by atoms with Crippen LogP contribution in [0.5, 0.6) is 11.5 Å². The van der Waals surface area contributed by atoms with Gasteiger partial charge in [-0.25, -0.2) is 0 Å².